The van der Waals surface area contributed by atoms with E-state index in [1.807, 2.05) is 13.8 Å². The molecule has 3 rings (SSSR count). The highest BCUT2D eigenvalue weighted by atomic mass is 32.2. The topological polar surface area (TPSA) is 126 Å². The van der Waals surface area contributed by atoms with E-state index in [-0.39, 0.29) is 33.7 Å². The third-order valence-corrected chi connectivity index (χ3v) is 8.32. The lowest BCUT2D eigenvalue weighted by Crippen LogP contribution is -2.39. The van der Waals surface area contributed by atoms with Crippen LogP contribution in [0, 0.1) is 0 Å². The molecule has 1 aromatic carbocycles. The second kappa shape index (κ2) is 13.0. The maximum atomic E-state index is 13.3. The van der Waals surface area contributed by atoms with E-state index >= 15 is 0 Å². The number of sulfonamides is 1. The molecule has 0 aliphatic carbocycles. The van der Waals surface area contributed by atoms with Crippen LogP contribution in [-0.2, 0) is 21.2 Å². The number of nitrogens with zero attached hydrogens (tertiary/aromatic N) is 5. The first-order chi connectivity index (χ1) is 18.4. The summed E-state index contributed by atoms with van der Waals surface area (Å²) in [5, 5.41) is 15.3. The first-order valence-corrected chi connectivity index (χ1v) is 15.2. The number of halogens is 3. The predicted octanol–water partition coefficient (Wildman–Crippen LogP) is 6.89. The highest BCUT2D eigenvalue weighted by Crippen LogP contribution is 2.41. The number of azo groups is 1. The third-order valence-electron chi connectivity index (χ3n) is 6.43. The summed E-state index contributed by atoms with van der Waals surface area (Å²) in [7, 11) is -5.72. The summed E-state index contributed by atoms with van der Waals surface area (Å²) >= 11 is 0.796. The molecule has 2 heterocycles. The zero-order valence-electron chi connectivity index (χ0n) is 22.3. The Labute approximate surface area is 230 Å². The standard InChI is InChI=1S/C24H33F3N6O4S2/c1-5-8-9-12-33-17(7-3)11-10-16-13-18(19(14-20(16)33)32-39(35,36)24(25,26)27)28-30-23-31-29-21(38-23)22(34)37-15(4)6-2/h13-15,17,32H,5-12H2,1-4H3. The average molecular weight is 591 g/mol. The fraction of sp³-hybridized carbons (Fsp3) is 0.625. The van der Waals surface area contributed by atoms with Gasteiger partial charge in [0, 0.05) is 18.3 Å². The van der Waals surface area contributed by atoms with Gasteiger partial charge in [-0.25, -0.2) is 4.79 Å². The summed E-state index contributed by atoms with van der Waals surface area (Å²) in [6.45, 7) is 8.41. The number of unbranched alkanes of at least 4 members (excludes halogenated alkanes) is 2. The Morgan fingerprint density at radius 3 is 2.62 bits per heavy atom. The molecule has 1 aromatic heterocycles. The number of fused-ring (bicyclic) bond motifs is 1. The number of hydrogen-bond acceptors (Lipinski definition) is 10. The quantitative estimate of drug-likeness (QED) is 0.162. The molecule has 1 aliphatic rings. The van der Waals surface area contributed by atoms with Gasteiger partial charge >= 0.3 is 21.5 Å². The van der Waals surface area contributed by atoms with Crippen LogP contribution < -0.4 is 9.62 Å². The van der Waals surface area contributed by atoms with Crippen molar-refractivity contribution in [3.8, 4) is 0 Å². The van der Waals surface area contributed by atoms with Crippen LogP contribution in [0.4, 0.5) is 35.4 Å². The summed E-state index contributed by atoms with van der Waals surface area (Å²) in [6.07, 6.45) is 5.54. The molecule has 0 fully saturated rings. The molecule has 0 saturated heterocycles. The summed E-state index contributed by atoms with van der Waals surface area (Å²) in [5.41, 5.74) is -4.48. The number of esters is 1. The minimum absolute atomic E-state index is 0.0410. The van der Waals surface area contributed by atoms with Crippen molar-refractivity contribution >= 4 is 49.5 Å². The molecule has 0 amide bonds. The molecular formula is C24H33F3N6O4S2. The molecule has 2 atom stereocenters. The van der Waals surface area contributed by atoms with Crippen LogP contribution in [0.15, 0.2) is 22.4 Å². The second-order valence-corrected chi connectivity index (χ2v) is 11.9. The molecule has 0 radical (unpaired) electrons. The summed E-state index contributed by atoms with van der Waals surface area (Å²) in [6, 6.07) is 3.13. The Bertz CT molecular complexity index is 1280. The van der Waals surface area contributed by atoms with Crippen molar-refractivity contribution < 1.29 is 31.1 Å². The highest BCUT2D eigenvalue weighted by molar-refractivity contribution is 7.93. The Morgan fingerprint density at radius 1 is 1.23 bits per heavy atom. The number of benzene rings is 1. The zero-order valence-corrected chi connectivity index (χ0v) is 23.9. The number of alkyl halides is 3. The molecule has 0 bridgehead atoms. The lowest BCUT2D eigenvalue weighted by atomic mass is 9.93. The molecule has 39 heavy (non-hydrogen) atoms. The summed E-state index contributed by atoms with van der Waals surface area (Å²) in [4.78, 5) is 14.3. The second-order valence-electron chi connectivity index (χ2n) is 9.26. The number of ether oxygens (including phenoxy) is 1. The fourth-order valence-corrected chi connectivity index (χ4v) is 5.26. The van der Waals surface area contributed by atoms with Crippen LogP contribution in [-0.4, -0.2) is 48.8 Å². The van der Waals surface area contributed by atoms with E-state index in [1.165, 1.54) is 6.07 Å². The summed E-state index contributed by atoms with van der Waals surface area (Å²) in [5.74, 6) is -0.677. The van der Waals surface area contributed by atoms with Gasteiger partial charge in [0.25, 0.3) is 5.13 Å². The van der Waals surface area contributed by atoms with Crippen molar-refractivity contribution in [3.05, 3.63) is 22.7 Å². The maximum Gasteiger partial charge on any atom is 0.516 e. The van der Waals surface area contributed by atoms with E-state index in [0.29, 0.717) is 25.1 Å². The van der Waals surface area contributed by atoms with E-state index < -0.39 is 21.5 Å². The van der Waals surface area contributed by atoms with Gasteiger partial charge in [-0.15, -0.1) is 20.4 Å². The van der Waals surface area contributed by atoms with Gasteiger partial charge in [0.2, 0.25) is 5.01 Å². The minimum atomic E-state index is -5.72. The van der Waals surface area contributed by atoms with Crippen molar-refractivity contribution in [1.29, 1.82) is 0 Å². The number of aryl methyl sites for hydroxylation is 1. The average Bonchev–Trinajstić information content (AvgIpc) is 3.36. The van der Waals surface area contributed by atoms with Gasteiger partial charge < -0.3 is 9.64 Å². The van der Waals surface area contributed by atoms with E-state index in [1.54, 1.807) is 17.7 Å². The minimum Gasteiger partial charge on any atom is -0.457 e. The van der Waals surface area contributed by atoms with Gasteiger partial charge in [0.15, 0.2) is 0 Å². The first kappa shape index (κ1) is 30.7. The third kappa shape index (κ3) is 7.65. The van der Waals surface area contributed by atoms with Crippen LogP contribution in [0.5, 0.6) is 0 Å². The number of carbonyl (C=O) groups is 1. The zero-order chi connectivity index (χ0) is 28.8. The van der Waals surface area contributed by atoms with Gasteiger partial charge in [-0.3, -0.25) is 4.72 Å². The molecule has 15 heteroatoms. The van der Waals surface area contributed by atoms with E-state index in [9.17, 15) is 26.4 Å². The fourth-order valence-electron chi connectivity index (χ4n) is 4.14. The van der Waals surface area contributed by atoms with Gasteiger partial charge in [-0.2, -0.15) is 21.6 Å². The monoisotopic (exact) mass is 590 g/mol. The van der Waals surface area contributed by atoms with Crippen LogP contribution in [0.2, 0.25) is 0 Å². The van der Waals surface area contributed by atoms with E-state index in [0.717, 1.165) is 49.0 Å². The van der Waals surface area contributed by atoms with Gasteiger partial charge in [-0.1, -0.05) is 44.9 Å². The number of carbonyl (C=O) groups excluding carboxylic acids is 1. The van der Waals surface area contributed by atoms with E-state index in [2.05, 4.69) is 32.2 Å². The molecule has 216 valence electrons. The summed E-state index contributed by atoms with van der Waals surface area (Å²) < 4.78 is 70.7. The van der Waals surface area contributed by atoms with Crippen molar-refractivity contribution in [2.45, 2.75) is 90.3 Å². The van der Waals surface area contributed by atoms with Crippen molar-refractivity contribution in [1.82, 2.24) is 10.2 Å². The van der Waals surface area contributed by atoms with Crippen molar-refractivity contribution in [3.63, 3.8) is 0 Å². The van der Waals surface area contributed by atoms with Crippen LogP contribution >= 0.6 is 11.3 Å². The maximum absolute atomic E-state index is 13.3. The predicted molar refractivity (Wildman–Crippen MR) is 144 cm³/mol. The van der Waals surface area contributed by atoms with Crippen LogP contribution in [0.1, 0.15) is 81.6 Å². The highest BCUT2D eigenvalue weighted by Gasteiger charge is 2.46. The lowest BCUT2D eigenvalue weighted by Gasteiger charge is -2.39. The van der Waals surface area contributed by atoms with Crippen molar-refractivity contribution in [2.24, 2.45) is 10.2 Å². The Morgan fingerprint density at radius 2 is 1.97 bits per heavy atom. The molecule has 1 N–H and O–H groups in total. The van der Waals surface area contributed by atoms with Crippen molar-refractivity contribution in [2.75, 3.05) is 16.2 Å². The number of hydrogen-bond donors (Lipinski definition) is 1. The molecule has 2 aromatic rings. The smallest absolute Gasteiger partial charge is 0.457 e. The Kier molecular flexibility index (Phi) is 10.3. The van der Waals surface area contributed by atoms with Gasteiger partial charge in [0.1, 0.15) is 5.69 Å². The Balaban J connectivity index is 2.00. The van der Waals surface area contributed by atoms with Gasteiger partial charge in [0.05, 0.1) is 11.8 Å². The van der Waals surface area contributed by atoms with Crippen LogP contribution in [0.3, 0.4) is 0 Å². The number of nitrogens with one attached hydrogen (secondary N) is 1. The molecule has 1 aliphatic heterocycles. The molecule has 0 spiro atoms. The molecular weight excluding hydrogens is 557 g/mol. The lowest BCUT2D eigenvalue weighted by molar-refractivity contribution is -0.0429. The van der Waals surface area contributed by atoms with Crippen LogP contribution in [0.25, 0.3) is 0 Å². The largest absolute Gasteiger partial charge is 0.516 e. The SMILES string of the molecule is CCCCCN1c2cc(NS(=O)(=O)C(F)(F)F)c(N=Nc3nnc(C(=O)OC(C)CC)s3)cc2CCC1CC. The molecule has 2 unspecified atom stereocenters. The first-order valence-electron chi connectivity index (χ1n) is 12.9. The number of aromatic nitrogens is 2. The molecule has 10 nitrogen and oxygen atoms in total. The number of anilines is 2. The Hall–Kier alpha value is -2.81. The van der Waals surface area contributed by atoms with E-state index in [4.69, 9.17) is 4.74 Å². The molecule has 0 saturated carbocycles. The normalized spacial score (nSPS) is 16.8. The number of rotatable bonds is 12. The van der Waals surface area contributed by atoms with Gasteiger partial charge in [-0.05, 0) is 56.7 Å².